The largest absolute Gasteiger partial charge is 0.310 e. The smallest absolute Gasteiger partial charge is 0.0991 e. The lowest BCUT2D eigenvalue weighted by atomic mass is 9.82. The minimum absolute atomic E-state index is 0.686. The molecule has 1 aromatic rings. The number of nitriles is 1. The molecule has 0 atom stereocenters. The summed E-state index contributed by atoms with van der Waals surface area (Å²) in [5, 5.41) is 12.3. The van der Waals surface area contributed by atoms with Gasteiger partial charge in [0.1, 0.15) is 0 Å². The van der Waals surface area contributed by atoms with Gasteiger partial charge in [0.05, 0.1) is 11.6 Å². The number of benzene rings is 1. The highest BCUT2D eigenvalue weighted by atomic mass is 14.9. The van der Waals surface area contributed by atoms with Crippen LogP contribution >= 0.6 is 0 Å². The summed E-state index contributed by atoms with van der Waals surface area (Å²) in [5.41, 5.74) is 1.95. The maximum absolute atomic E-state index is 8.76. The fraction of sp³-hybridized carbons (Fsp3) is 0.462. The normalized spacial score (nSPS) is 24.3. The van der Waals surface area contributed by atoms with Crippen LogP contribution < -0.4 is 5.32 Å². The van der Waals surface area contributed by atoms with Gasteiger partial charge in [0.15, 0.2) is 0 Å². The maximum Gasteiger partial charge on any atom is 0.0991 e. The van der Waals surface area contributed by atoms with Crippen molar-refractivity contribution in [2.45, 2.75) is 32.4 Å². The summed E-state index contributed by atoms with van der Waals surface area (Å²) in [6, 6.07) is 10.7. The van der Waals surface area contributed by atoms with Crippen molar-refractivity contribution in [2.24, 2.45) is 5.92 Å². The molecule has 0 aromatic heterocycles. The van der Waals surface area contributed by atoms with Crippen LogP contribution in [0, 0.1) is 17.2 Å². The molecule has 15 heavy (non-hydrogen) atoms. The Hall–Kier alpha value is -1.33. The predicted molar refractivity (Wildman–Crippen MR) is 60.2 cm³/mol. The highest BCUT2D eigenvalue weighted by Gasteiger charge is 2.24. The first kappa shape index (κ1) is 10.2. The molecular formula is C13H16N2. The Morgan fingerprint density at radius 1 is 1.47 bits per heavy atom. The molecule has 78 valence electrons. The standard InChI is InChI=1S/C13H16N2/c1-10-5-13(6-10)15-9-12-4-2-3-11(7-12)8-14/h2-4,7,10,13,15H,5-6,9H2,1H3. The van der Waals surface area contributed by atoms with Crippen molar-refractivity contribution in [3.05, 3.63) is 35.4 Å². The zero-order valence-electron chi connectivity index (χ0n) is 9.03. The molecule has 2 nitrogen and oxygen atoms in total. The van der Waals surface area contributed by atoms with Crippen molar-refractivity contribution in [1.82, 2.24) is 5.32 Å². The molecule has 2 rings (SSSR count). The Labute approximate surface area is 90.9 Å². The van der Waals surface area contributed by atoms with Crippen LogP contribution in [0.1, 0.15) is 30.9 Å². The predicted octanol–water partition coefficient (Wildman–Crippen LogP) is 2.45. The van der Waals surface area contributed by atoms with Crippen LogP contribution in [0.4, 0.5) is 0 Å². The van der Waals surface area contributed by atoms with Gasteiger partial charge in [-0.3, -0.25) is 0 Å². The van der Waals surface area contributed by atoms with E-state index in [1.165, 1.54) is 18.4 Å². The van der Waals surface area contributed by atoms with Gasteiger partial charge < -0.3 is 5.32 Å². The Kier molecular flexibility index (Phi) is 3.03. The van der Waals surface area contributed by atoms with Gasteiger partial charge in [-0.1, -0.05) is 19.1 Å². The van der Waals surface area contributed by atoms with E-state index < -0.39 is 0 Å². The van der Waals surface area contributed by atoms with E-state index in [0.717, 1.165) is 18.0 Å². The molecule has 0 bridgehead atoms. The lowest BCUT2D eigenvalue weighted by molar-refractivity contribution is 0.240. The van der Waals surface area contributed by atoms with Crippen LogP contribution in [0.2, 0.25) is 0 Å². The highest BCUT2D eigenvalue weighted by Crippen LogP contribution is 2.26. The molecule has 0 radical (unpaired) electrons. The topological polar surface area (TPSA) is 35.8 Å². The number of rotatable bonds is 3. The third kappa shape index (κ3) is 2.57. The first-order valence-electron chi connectivity index (χ1n) is 5.50. The van der Waals surface area contributed by atoms with Crippen LogP contribution in [0.5, 0.6) is 0 Å². The number of hydrogen-bond acceptors (Lipinski definition) is 2. The van der Waals surface area contributed by atoms with Gasteiger partial charge in [-0.15, -0.1) is 0 Å². The average Bonchev–Trinajstić information content (AvgIpc) is 2.23. The number of nitrogens with zero attached hydrogens (tertiary/aromatic N) is 1. The van der Waals surface area contributed by atoms with E-state index in [0.29, 0.717) is 6.04 Å². The quantitative estimate of drug-likeness (QED) is 0.813. The van der Waals surface area contributed by atoms with Gasteiger partial charge >= 0.3 is 0 Å². The minimum Gasteiger partial charge on any atom is -0.310 e. The van der Waals surface area contributed by atoms with Crippen molar-refractivity contribution in [1.29, 1.82) is 5.26 Å². The van der Waals surface area contributed by atoms with E-state index in [1.54, 1.807) is 0 Å². The molecule has 1 saturated carbocycles. The fourth-order valence-electron chi connectivity index (χ4n) is 2.08. The molecule has 0 saturated heterocycles. The molecular weight excluding hydrogens is 184 g/mol. The molecule has 1 aromatic carbocycles. The molecule has 0 spiro atoms. The summed E-state index contributed by atoms with van der Waals surface area (Å²) >= 11 is 0. The molecule has 1 fully saturated rings. The summed E-state index contributed by atoms with van der Waals surface area (Å²) in [4.78, 5) is 0. The second-order valence-electron chi connectivity index (χ2n) is 4.47. The number of nitrogens with one attached hydrogen (secondary N) is 1. The summed E-state index contributed by atoms with van der Waals surface area (Å²) in [6.45, 7) is 3.17. The van der Waals surface area contributed by atoms with Crippen LogP contribution in [-0.2, 0) is 6.54 Å². The number of hydrogen-bond donors (Lipinski definition) is 1. The zero-order chi connectivity index (χ0) is 10.7. The lowest BCUT2D eigenvalue weighted by Gasteiger charge is -2.33. The third-order valence-corrected chi connectivity index (χ3v) is 3.02. The van der Waals surface area contributed by atoms with Gasteiger partial charge in [0, 0.05) is 12.6 Å². The second kappa shape index (κ2) is 4.46. The van der Waals surface area contributed by atoms with Crippen LogP contribution in [0.25, 0.3) is 0 Å². The summed E-state index contributed by atoms with van der Waals surface area (Å²) < 4.78 is 0. The molecule has 1 N–H and O–H groups in total. The highest BCUT2D eigenvalue weighted by molar-refractivity contribution is 5.32. The van der Waals surface area contributed by atoms with Crippen LogP contribution in [0.3, 0.4) is 0 Å². The molecule has 0 amide bonds. The summed E-state index contributed by atoms with van der Waals surface area (Å²) in [5.74, 6) is 0.882. The van der Waals surface area contributed by atoms with Crippen LogP contribution in [-0.4, -0.2) is 6.04 Å². The van der Waals surface area contributed by atoms with E-state index in [4.69, 9.17) is 5.26 Å². The SMILES string of the molecule is CC1CC(NCc2cccc(C#N)c2)C1. The second-order valence-corrected chi connectivity index (χ2v) is 4.47. The van der Waals surface area contributed by atoms with Gasteiger partial charge in [0.2, 0.25) is 0 Å². The third-order valence-electron chi connectivity index (χ3n) is 3.02. The van der Waals surface area contributed by atoms with Crippen LogP contribution in [0.15, 0.2) is 24.3 Å². The van der Waals surface area contributed by atoms with E-state index in [9.17, 15) is 0 Å². The molecule has 1 aliphatic carbocycles. The lowest BCUT2D eigenvalue weighted by Crippen LogP contribution is -2.39. The zero-order valence-corrected chi connectivity index (χ0v) is 9.03. The van der Waals surface area contributed by atoms with Crippen molar-refractivity contribution < 1.29 is 0 Å². The summed E-state index contributed by atoms with van der Waals surface area (Å²) in [6.07, 6.45) is 2.58. The minimum atomic E-state index is 0.686. The first-order valence-corrected chi connectivity index (χ1v) is 5.50. The Morgan fingerprint density at radius 2 is 2.27 bits per heavy atom. The van der Waals surface area contributed by atoms with Gasteiger partial charge in [-0.25, -0.2) is 0 Å². The summed E-state index contributed by atoms with van der Waals surface area (Å²) in [7, 11) is 0. The average molecular weight is 200 g/mol. The monoisotopic (exact) mass is 200 g/mol. The molecule has 2 heteroatoms. The molecule has 0 aliphatic heterocycles. The Morgan fingerprint density at radius 3 is 2.93 bits per heavy atom. The van der Waals surface area contributed by atoms with Crippen molar-refractivity contribution in [3.63, 3.8) is 0 Å². The van der Waals surface area contributed by atoms with Crippen molar-refractivity contribution in [3.8, 4) is 6.07 Å². The van der Waals surface area contributed by atoms with E-state index >= 15 is 0 Å². The van der Waals surface area contributed by atoms with Crippen molar-refractivity contribution >= 4 is 0 Å². The molecule has 0 heterocycles. The Balaban J connectivity index is 1.86. The molecule has 0 unspecified atom stereocenters. The molecule has 1 aliphatic rings. The maximum atomic E-state index is 8.76. The van der Waals surface area contributed by atoms with Gasteiger partial charge in [-0.05, 0) is 36.5 Å². The van der Waals surface area contributed by atoms with Gasteiger partial charge in [0.25, 0.3) is 0 Å². The van der Waals surface area contributed by atoms with Crippen molar-refractivity contribution in [2.75, 3.05) is 0 Å². The fourth-order valence-corrected chi connectivity index (χ4v) is 2.08. The van der Waals surface area contributed by atoms with E-state index in [-0.39, 0.29) is 0 Å². The van der Waals surface area contributed by atoms with E-state index in [2.05, 4.69) is 24.4 Å². The Bertz CT molecular complexity index is 372. The van der Waals surface area contributed by atoms with Gasteiger partial charge in [-0.2, -0.15) is 5.26 Å². The first-order chi connectivity index (χ1) is 7.28. The van der Waals surface area contributed by atoms with E-state index in [1.807, 2.05) is 18.2 Å².